The van der Waals surface area contributed by atoms with Gasteiger partial charge in [-0.1, -0.05) is 58.3 Å². The number of methoxy groups -OCH3 is 1. The molecule has 0 N–H and O–H groups in total. The van der Waals surface area contributed by atoms with E-state index in [9.17, 15) is 0 Å². The van der Waals surface area contributed by atoms with Crippen molar-refractivity contribution in [3.05, 3.63) is 0 Å². The topological polar surface area (TPSA) is 18.5 Å². The molecular weight excluding hydrogens is 284 g/mol. The maximum Gasteiger partial charge on any atom is 0.0605 e. The van der Waals surface area contributed by atoms with Gasteiger partial charge < -0.3 is 9.47 Å². The zero-order valence-corrected chi connectivity index (χ0v) is 15.7. The van der Waals surface area contributed by atoms with Crippen LogP contribution in [0.3, 0.4) is 0 Å². The van der Waals surface area contributed by atoms with Crippen molar-refractivity contribution in [3.8, 4) is 0 Å². The fraction of sp³-hybridized carbons (Fsp3) is 1.00. The van der Waals surface area contributed by atoms with Crippen molar-refractivity contribution in [2.75, 3.05) is 13.7 Å². The number of hydrogen-bond donors (Lipinski definition) is 0. The van der Waals surface area contributed by atoms with E-state index in [1.165, 1.54) is 83.5 Å². The van der Waals surface area contributed by atoms with Gasteiger partial charge in [0.05, 0.1) is 12.2 Å². The summed E-state index contributed by atoms with van der Waals surface area (Å²) in [6, 6.07) is 0. The molecule has 1 heterocycles. The van der Waals surface area contributed by atoms with Crippen LogP contribution in [0, 0.1) is 11.8 Å². The molecule has 2 rings (SSSR count). The van der Waals surface area contributed by atoms with Crippen LogP contribution in [0.25, 0.3) is 0 Å². The Kier molecular flexibility index (Phi) is 9.60. The van der Waals surface area contributed by atoms with E-state index in [0.717, 1.165) is 24.9 Å². The Bertz CT molecular complexity index is 280. The summed E-state index contributed by atoms with van der Waals surface area (Å²) < 4.78 is 11.7. The molecule has 1 aliphatic carbocycles. The molecule has 0 aromatic heterocycles. The van der Waals surface area contributed by atoms with E-state index in [2.05, 4.69) is 6.92 Å². The first kappa shape index (κ1) is 19.2. The molecule has 1 aliphatic heterocycles. The molecule has 3 unspecified atom stereocenters. The first-order valence-electron chi connectivity index (χ1n) is 10.5. The van der Waals surface area contributed by atoms with Gasteiger partial charge in [-0.05, 0) is 50.4 Å². The van der Waals surface area contributed by atoms with Crippen molar-refractivity contribution in [1.82, 2.24) is 0 Å². The van der Waals surface area contributed by atoms with Gasteiger partial charge in [-0.25, -0.2) is 0 Å². The SMILES string of the molecule is CCC(CCCCC1CCOC(C2CCCCCCC2)C1)OC. The van der Waals surface area contributed by atoms with Gasteiger partial charge in [0.15, 0.2) is 0 Å². The van der Waals surface area contributed by atoms with Crippen LogP contribution in [0.4, 0.5) is 0 Å². The monoisotopic (exact) mass is 324 g/mol. The van der Waals surface area contributed by atoms with Gasteiger partial charge in [0.1, 0.15) is 0 Å². The van der Waals surface area contributed by atoms with Crippen LogP contribution in [-0.4, -0.2) is 25.9 Å². The molecule has 0 spiro atoms. The molecule has 1 saturated carbocycles. The maximum atomic E-state index is 6.20. The highest BCUT2D eigenvalue weighted by Crippen LogP contribution is 2.34. The fourth-order valence-electron chi connectivity index (χ4n) is 4.64. The summed E-state index contributed by atoms with van der Waals surface area (Å²) in [5.41, 5.74) is 0. The maximum absolute atomic E-state index is 6.20. The Morgan fingerprint density at radius 2 is 1.74 bits per heavy atom. The van der Waals surface area contributed by atoms with Gasteiger partial charge in [-0.3, -0.25) is 0 Å². The summed E-state index contributed by atoms with van der Waals surface area (Å²) in [5, 5.41) is 0. The third-order valence-corrected chi connectivity index (χ3v) is 6.28. The molecule has 1 saturated heterocycles. The lowest BCUT2D eigenvalue weighted by atomic mass is 9.80. The molecular formula is C21H40O2. The quantitative estimate of drug-likeness (QED) is 0.500. The van der Waals surface area contributed by atoms with Gasteiger partial charge >= 0.3 is 0 Å². The van der Waals surface area contributed by atoms with Crippen molar-refractivity contribution >= 4 is 0 Å². The predicted octanol–water partition coefficient (Wildman–Crippen LogP) is 6.13. The average Bonchev–Trinajstić information content (AvgIpc) is 2.55. The molecule has 0 amide bonds. The molecule has 136 valence electrons. The second kappa shape index (κ2) is 11.5. The van der Waals surface area contributed by atoms with Crippen LogP contribution in [0.2, 0.25) is 0 Å². The van der Waals surface area contributed by atoms with Crippen LogP contribution in [-0.2, 0) is 9.47 Å². The van der Waals surface area contributed by atoms with E-state index in [1.807, 2.05) is 7.11 Å². The van der Waals surface area contributed by atoms with Gasteiger partial charge in [0.25, 0.3) is 0 Å². The highest BCUT2D eigenvalue weighted by atomic mass is 16.5. The largest absolute Gasteiger partial charge is 0.381 e. The lowest BCUT2D eigenvalue weighted by molar-refractivity contribution is -0.0497. The van der Waals surface area contributed by atoms with Gasteiger partial charge in [0.2, 0.25) is 0 Å². The second-order valence-corrected chi connectivity index (χ2v) is 7.96. The highest BCUT2D eigenvalue weighted by molar-refractivity contribution is 4.79. The molecule has 3 atom stereocenters. The molecule has 2 fully saturated rings. The summed E-state index contributed by atoms with van der Waals surface area (Å²) in [7, 11) is 1.85. The van der Waals surface area contributed by atoms with Gasteiger partial charge in [-0.15, -0.1) is 0 Å². The molecule has 2 heteroatoms. The third kappa shape index (κ3) is 7.13. The average molecular weight is 325 g/mol. The normalized spacial score (nSPS) is 29.0. The van der Waals surface area contributed by atoms with Crippen LogP contribution >= 0.6 is 0 Å². The van der Waals surface area contributed by atoms with Crippen molar-refractivity contribution in [2.24, 2.45) is 11.8 Å². The minimum atomic E-state index is 0.479. The van der Waals surface area contributed by atoms with E-state index in [1.54, 1.807) is 0 Å². The van der Waals surface area contributed by atoms with E-state index < -0.39 is 0 Å². The highest BCUT2D eigenvalue weighted by Gasteiger charge is 2.29. The Morgan fingerprint density at radius 3 is 2.43 bits per heavy atom. The first-order chi connectivity index (χ1) is 11.3. The minimum Gasteiger partial charge on any atom is -0.381 e. The van der Waals surface area contributed by atoms with Crippen LogP contribution in [0.15, 0.2) is 0 Å². The molecule has 23 heavy (non-hydrogen) atoms. The first-order valence-corrected chi connectivity index (χ1v) is 10.5. The van der Waals surface area contributed by atoms with Gasteiger partial charge in [0, 0.05) is 13.7 Å². The lowest BCUT2D eigenvalue weighted by Gasteiger charge is -2.35. The Hall–Kier alpha value is -0.0800. The molecule has 0 radical (unpaired) electrons. The van der Waals surface area contributed by atoms with Crippen LogP contribution in [0.5, 0.6) is 0 Å². The fourth-order valence-corrected chi connectivity index (χ4v) is 4.64. The number of hydrogen-bond acceptors (Lipinski definition) is 2. The van der Waals surface area contributed by atoms with E-state index in [4.69, 9.17) is 9.47 Å². The summed E-state index contributed by atoms with van der Waals surface area (Å²) in [4.78, 5) is 0. The second-order valence-electron chi connectivity index (χ2n) is 7.96. The summed E-state index contributed by atoms with van der Waals surface area (Å²) in [5.74, 6) is 1.78. The number of rotatable bonds is 8. The Balaban J connectivity index is 1.66. The van der Waals surface area contributed by atoms with Crippen molar-refractivity contribution in [2.45, 2.75) is 109 Å². The van der Waals surface area contributed by atoms with Gasteiger partial charge in [-0.2, -0.15) is 0 Å². The van der Waals surface area contributed by atoms with Crippen molar-refractivity contribution in [1.29, 1.82) is 0 Å². The zero-order chi connectivity index (χ0) is 16.3. The van der Waals surface area contributed by atoms with E-state index in [-0.39, 0.29) is 0 Å². The van der Waals surface area contributed by atoms with E-state index in [0.29, 0.717) is 12.2 Å². The summed E-state index contributed by atoms with van der Waals surface area (Å²) in [6.07, 6.45) is 20.3. The molecule has 0 bridgehead atoms. The third-order valence-electron chi connectivity index (χ3n) is 6.28. The molecule has 2 aliphatic rings. The lowest BCUT2D eigenvalue weighted by Crippen LogP contribution is -2.32. The zero-order valence-electron chi connectivity index (χ0n) is 15.7. The van der Waals surface area contributed by atoms with Crippen LogP contribution < -0.4 is 0 Å². The summed E-state index contributed by atoms with van der Waals surface area (Å²) >= 11 is 0. The molecule has 2 nitrogen and oxygen atoms in total. The minimum absolute atomic E-state index is 0.479. The van der Waals surface area contributed by atoms with Crippen molar-refractivity contribution in [3.63, 3.8) is 0 Å². The molecule has 0 aromatic rings. The number of ether oxygens (including phenoxy) is 2. The van der Waals surface area contributed by atoms with E-state index >= 15 is 0 Å². The standard InChI is InChI=1S/C21H40O2/c1-3-20(22-2)14-10-9-11-18-15-16-23-21(17-18)19-12-7-5-4-6-8-13-19/h18-21H,3-17H2,1-2H3. The van der Waals surface area contributed by atoms with Crippen molar-refractivity contribution < 1.29 is 9.47 Å². The smallest absolute Gasteiger partial charge is 0.0605 e. The van der Waals surface area contributed by atoms with Crippen LogP contribution in [0.1, 0.15) is 96.8 Å². The Morgan fingerprint density at radius 1 is 1.00 bits per heavy atom. The number of unbranched alkanes of at least 4 members (excludes halogenated alkanes) is 1. The predicted molar refractivity (Wildman–Crippen MR) is 97.8 cm³/mol. The summed E-state index contributed by atoms with van der Waals surface area (Å²) in [6.45, 7) is 3.24. The molecule has 0 aromatic carbocycles. The Labute approximate surface area is 144 Å².